The Hall–Kier alpha value is -3.92. The minimum atomic E-state index is -1.00. The van der Waals surface area contributed by atoms with E-state index >= 15 is 0 Å². The van der Waals surface area contributed by atoms with Crippen LogP contribution in [0.1, 0.15) is 15.9 Å². The van der Waals surface area contributed by atoms with E-state index in [1.54, 1.807) is 41.4 Å². The smallest absolute Gasteiger partial charge is 0.335 e. The van der Waals surface area contributed by atoms with Crippen LogP contribution in [0.25, 0.3) is 22.4 Å². The maximum Gasteiger partial charge on any atom is 0.335 e. The van der Waals surface area contributed by atoms with E-state index in [4.69, 9.17) is 10.8 Å². The number of nitrogens with two attached hydrogens (primary N) is 1. The molecule has 0 spiro atoms. The molecular formula is C19H15N5O2. The lowest BCUT2D eigenvalue weighted by atomic mass is 10.0. The lowest BCUT2D eigenvalue weighted by Crippen LogP contribution is -2.00. The van der Waals surface area contributed by atoms with Crippen molar-refractivity contribution in [2.75, 3.05) is 5.73 Å². The van der Waals surface area contributed by atoms with E-state index in [2.05, 4.69) is 22.7 Å². The Morgan fingerprint density at radius 2 is 2.08 bits per heavy atom. The molecule has 3 rings (SSSR count). The molecule has 0 bridgehead atoms. The number of hydrogen-bond donors (Lipinski definition) is 2. The minimum absolute atomic E-state index is 0.110. The average molecular weight is 345 g/mol. The highest BCUT2D eigenvalue weighted by Gasteiger charge is 2.15. The molecule has 3 N–H and O–H groups in total. The fourth-order valence-electron chi connectivity index (χ4n) is 2.58. The van der Waals surface area contributed by atoms with Gasteiger partial charge in [0.1, 0.15) is 17.5 Å². The summed E-state index contributed by atoms with van der Waals surface area (Å²) in [7, 11) is 0. The molecule has 0 saturated carbocycles. The molecule has 26 heavy (non-hydrogen) atoms. The zero-order valence-electron chi connectivity index (χ0n) is 13.8. The van der Waals surface area contributed by atoms with Crippen molar-refractivity contribution in [1.29, 1.82) is 5.26 Å². The highest BCUT2D eigenvalue weighted by Crippen LogP contribution is 2.31. The van der Waals surface area contributed by atoms with E-state index in [1.807, 2.05) is 0 Å². The minimum Gasteiger partial charge on any atom is -0.478 e. The third-order valence-corrected chi connectivity index (χ3v) is 3.85. The molecule has 2 aromatic heterocycles. The zero-order chi connectivity index (χ0) is 18.7. The summed E-state index contributed by atoms with van der Waals surface area (Å²) in [5, 5.41) is 22.7. The molecule has 0 saturated heterocycles. The zero-order valence-corrected chi connectivity index (χ0v) is 13.8. The van der Waals surface area contributed by atoms with E-state index < -0.39 is 5.97 Å². The normalized spacial score (nSPS) is 10.3. The Morgan fingerprint density at radius 3 is 2.69 bits per heavy atom. The van der Waals surface area contributed by atoms with Crippen LogP contribution in [0.5, 0.6) is 0 Å². The molecule has 0 fully saturated rings. The van der Waals surface area contributed by atoms with Gasteiger partial charge in [-0.1, -0.05) is 18.2 Å². The van der Waals surface area contributed by atoms with Crippen molar-refractivity contribution in [3.8, 4) is 28.5 Å². The number of anilines is 1. The number of rotatable bonds is 5. The summed E-state index contributed by atoms with van der Waals surface area (Å²) in [6, 6.07) is 10.1. The number of nitriles is 1. The highest BCUT2D eigenvalue weighted by atomic mass is 16.4. The number of nitrogens with zero attached hydrogens (tertiary/aromatic N) is 4. The number of benzene rings is 1. The first kappa shape index (κ1) is 16.9. The number of carbonyl (C=O) groups is 1. The van der Waals surface area contributed by atoms with Gasteiger partial charge in [0, 0.05) is 22.9 Å². The lowest BCUT2D eigenvalue weighted by molar-refractivity contribution is 0.0697. The van der Waals surface area contributed by atoms with Crippen molar-refractivity contribution < 1.29 is 9.90 Å². The van der Waals surface area contributed by atoms with Crippen LogP contribution in [-0.4, -0.2) is 25.8 Å². The SMILES string of the molecule is C=CCn1cc(-c2cc(-c3ccc(C(=O)O)cc3)nc(N)c2C#N)cn1. The van der Waals surface area contributed by atoms with Crippen molar-refractivity contribution in [2.45, 2.75) is 6.54 Å². The third-order valence-electron chi connectivity index (χ3n) is 3.85. The van der Waals surface area contributed by atoms with Crippen LogP contribution in [-0.2, 0) is 6.54 Å². The Balaban J connectivity index is 2.10. The summed E-state index contributed by atoms with van der Waals surface area (Å²) >= 11 is 0. The number of pyridine rings is 1. The second kappa shape index (κ2) is 6.91. The topological polar surface area (TPSA) is 118 Å². The second-order valence-electron chi connectivity index (χ2n) is 5.55. The Kier molecular flexibility index (Phi) is 4.50. The van der Waals surface area contributed by atoms with Crippen LogP contribution in [0, 0.1) is 11.3 Å². The summed E-state index contributed by atoms with van der Waals surface area (Å²) < 4.78 is 1.70. The van der Waals surface area contributed by atoms with Gasteiger partial charge in [0.15, 0.2) is 0 Å². The van der Waals surface area contributed by atoms with Crippen LogP contribution >= 0.6 is 0 Å². The van der Waals surface area contributed by atoms with Crippen LogP contribution in [0.3, 0.4) is 0 Å². The van der Waals surface area contributed by atoms with Crippen LogP contribution in [0.2, 0.25) is 0 Å². The maximum absolute atomic E-state index is 11.0. The van der Waals surface area contributed by atoms with Crippen LogP contribution < -0.4 is 5.73 Å². The molecule has 7 heteroatoms. The predicted octanol–water partition coefficient (Wildman–Crippen LogP) is 2.95. The average Bonchev–Trinajstić information content (AvgIpc) is 3.10. The van der Waals surface area contributed by atoms with Gasteiger partial charge in [0.2, 0.25) is 0 Å². The summed E-state index contributed by atoms with van der Waals surface area (Å²) in [6.07, 6.45) is 5.17. The Morgan fingerprint density at radius 1 is 1.35 bits per heavy atom. The van der Waals surface area contributed by atoms with Gasteiger partial charge >= 0.3 is 5.97 Å². The fourth-order valence-corrected chi connectivity index (χ4v) is 2.58. The molecule has 0 atom stereocenters. The molecule has 7 nitrogen and oxygen atoms in total. The summed E-state index contributed by atoms with van der Waals surface area (Å²) in [5.41, 5.74) is 9.04. The Labute approximate surface area is 149 Å². The lowest BCUT2D eigenvalue weighted by Gasteiger charge is -2.09. The van der Waals surface area contributed by atoms with E-state index in [-0.39, 0.29) is 16.9 Å². The van der Waals surface area contributed by atoms with Gasteiger partial charge in [-0.2, -0.15) is 10.4 Å². The van der Waals surface area contributed by atoms with E-state index in [9.17, 15) is 10.1 Å². The van der Waals surface area contributed by atoms with Crippen molar-refractivity contribution in [1.82, 2.24) is 14.8 Å². The number of carboxylic acid groups (broad SMARTS) is 1. The van der Waals surface area contributed by atoms with Crippen molar-refractivity contribution >= 4 is 11.8 Å². The molecule has 0 unspecified atom stereocenters. The molecule has 0 aliphatic carbocycles. The molecule has 0 aliphatic heterocycles. The number of hydrogen-bond acceptors (Lipinski definition) is 5. The van der Waals surface area contributed by atoms with E-state index in [0.29, 0.717) is 23.4 Å². The molecular weight excluding hydrogens is 330 g/mol. The molecule has 0 aliphatic rings. The van der Waals surface area contributed by atoms with Crippen LogP contribution in [0.15, 0.2) is 55.4 Å². The molecule has 0 amide bonds. The first-order valence-corrected chi connectivity index (χ1v) is 7.71. The highest BCUT2D eigenvalue weighted by molar-refractivity contribution is 5.88. The molecule has 3 aromatic rings. The van der Waals surface area contributed by atoms with Gasteiger partial charge in [-0.25, -0.2) is 9.78 Å². The second-order valence-corrected chi connectivity index (χ2v) is 5.55. The largest absolute Gasteiger partial charge is 0.478 e. The van der Waals surface area contributed by atoms with Gasteiger partial charge in [0.05, 0.1) is 24.0 Å². The monoisotopic (exact) mass is 345 g/mol. The van der Waals surface area contributed by atoms with Crippen molar-refractivity contribution in [2.24, 2.45) is 0 Å². The Bertz CT molecular complexity index is 1030. The molecule has 0 radical (unpaired) electrons. The van der Waals surface area contributed by atoms with E-state index in [1.165, 1.54) is 12.1 Å². The molecule has 1 aromatic carbocycles. The number of nitrogen functional groups attached to an aromatic ring is 1. The summed E-state index contributed by atoms with van der Waals surface area (Å²) in [5.74, 6) is -0.891. The number of carboxylic acids is 1. The maximum atomic E-state index is 11.0. The number of allylic oxidation sites excluding steroid dienone is 1. The van der Waals surface area contributed by atoms with Crippen molar-refractivity contribution in [3.05, 3.63) is 66.5 Å². The van der Waals surface area contributed by atoms with E-state index in [0.717, 1.165) is 5.56 Å². The van der Waals surface area contributed by atoms with Gasteiger partial charge < -0.3 is 10.8 Å². The summed E-state index contributed by atoms with van der Waals surface area (Å²) in [4.78, 5) is 15.3. The molecule has 2 heterocycles. The third kappa shape index (κ3) is 3.16. The van der Waals surface area contributed by atoms with Crippen LogP contribution in [0.4, 0.5) is 5.82 Å². The number of aromatic nitrogens is 3. The van der Waals surface area contributed by atoms with Gasteiger partial charge in [-0.15, -0.1) is 6.58 Å². The number of aromatic carboxylic acids is 1. The van der Waals surface area contributed by atoms with Crippen molar-refractivity contribution in [3.63, 3.8) is 0 Å². The summed E-state index contributed by atoms with van der Waals surface area (Å²) in [6.45, 7) is 4.22. The van der Waals surface area contributed by atoms with Gasteiger partial charge in [-0.05, 0) is 18.2 Å². The van der Waals surface area contributed by atoms with Gasteiger partial charge in [0.25, 0.3) is 0 Å². The standard InChI is InChI=1S/C19H15N5O2/c1-2-7-24-11-14(10-22-24)15-8-17(23-18(21)16(15)9-20)12-3-5-13(6-4-12)19(25)26/h2-6,8,10-11H,1,7H2,(H2,21,23)(H,25,26). The quantitative estimate of drug-likeness (QED) is 0.686. The molecule has 128 valence electrons. The first-order chi connectivity index (χ1) is 12.5. The van der Waals surface area contributed by atoms with Gasteiger partial charge in [-0.3, -0.25) is 4.68 Å². The fraction of sp³-hybridized carbons (Fsp3) is 0.0526. The first-order valence-electron chi connectivity index (χ1n) is 7.71. The predicted molar refractivity (Wildman–Crippen MR) is 97.2 cm³/mol.